The summed E-state index contributed by atoms with van der Waals surface area (Å²) in [6.45, 7) is 1.85. The van der Waals surface area contributed by atoms with Crippen LogP contribution in [-0.4, -0.2) is 37.9 Å². The lowest BCUT2D eigenvalue weighted by molar-refractivity contribution is -0.137. The van der Waals surface area contributed by atoms with E-state index in [1.165, 1.54) is 0 Å². The molecule has 10 heteroatoms. The minimum absolute atomic E-state index is 0.267. The molecule has 0 aliphatic carbocycles. The Morgan fingerprint density at radius 1 is 1.21 bits per heavy atom. The fourth-order valence-electron chi connectivity index (χ4n) is 1.76. The van der Waals surface area contributed by atoms with Crippen molar-refractivity contribution in [2.75, 3.05) is 5.32 Å². The van der Waals surface area contributed by atoms with Crippen molar-refractivity contribution in [3.05, 3.63) is 39.6 Å². The summed E-state index contributed by atoms with van der Waals surface area (Å²) in [5.41, 5.74) is 1.01. The molecule has 0 spiro atoms. The quantitative estimate of drug-likeness (QED) is 0.835. The third-order valence-electron chi connectivity index (χ3n) is 2.94. The van der Waals surface area contributed by atoms with Crippen molar-refractivity contribution in [3.8, 4) is 0 Å². The van der Waals surface area contributed by atoms with Crippen LogP contribution in [0.4, 0.5) is 5.69 Å². The topological polar surface area (TPSA) is 114 Å². The third-order valence-corrected chi connectivity index (χ3v) is 3.50. The van der Waals surface area contributed by atoms with E-state index < -0.39 is 17.8 Å². The molecule has 1 heterocycles. The van der Waals surface area contributed by atoms with E-state index in [-0.39, 0.29) is 23.7 Å². The van der Waals surface area contributed by atoms with Crippen LogP contribution in [0.2, 0.25) is 10.2 Å². The van der Waals surface area contributed by atoms with Gasteiger partial charge in [0.2, 0.25) is 0 Å². The SMILES string of the molecule is Cc1ccc(NC(=O)c2nn(C(=O)CCC(=O)O)nc2Cl)c(Cl)c1. The van der Waals surface area contributed by atoms with E-state index in [4.69, 9.17) is 28.3 Å². The van der Waals surface area contributed by atoms with Gasteiger partial charge in [0.25, 0.3) is 11.8 Å². The second-order valence-corrected chi connectivity index (χ2v) is 5.62. The second-order valence-electron chi connectivity index (χ2n) is 4.85. The van der Waals surface area contributed by atoms with Crippen molar-refractivity contribution in [1.29, 1.82) is 0 Å². The van der Waals surface area contributed by atoms with Gasteiger partial charge in [-0.3, -0.25) is 14.4 Å². The van der Waals surface area contributed by atoms with E-state index in [1.807, 2.05) is 6.92 Å². The van der Waals surface area contributed by atoms with Gasteiger partial charge in [-0.05, 0) is 24.6 Å². The summed E-state index contributed by atoms with van der Waals surface area (Å²) in [7, 11) is 0. The first-order valence-electron chi connectivity index (χ1n) is 6.73. The fraction of sp³-hybridized carbons (Fsp3) is 0.214. The third kappa shape index (κ3) is 4.30. The van der Waals surface area contributed by atoms with Crippen molar-refractivity contribution in [3.63, 3.8) is 0 Å². The van der Waals surface area contributed by atoms with Gasteiger partial charge in [-0.1, -0.05) is 29.3 Å². The molecule has 0 bridgehead atoms. The Kier molecular flexibility index (Phi) is 5.53. The predicted octanol–water partition coefficient (Wildman–Crippen LogP) is 2.65. The summed E-state index contributed by atoms with van der Waals surface area (Å²) in [5, 5.41) is 18.5. The van der Waals surface area contributed by atoms with Crippen LogP contribution >= 0.6 is 23.2 Å². The van der Waals surface area contributed by atoms with Gasteiger partial charge in [0.15, 0.2) is 10.8 Å². The maximum atomic E-state index is 12.2. The molecule has 2 N–H and O–H groups in total. The van der Waals surface area contributed by atoms with Crippen LogP contribution in [0.3, 0.4) is 0 Å². The van der Waals surface area contributed by atoms with Gasteiger partial charge < -0.3 is 10.4 Å². The van der Waals surface area contributed by atoms with Crippen molar-refractivity contribution in [1.82, 2.24) is 15.0 Å². The number of hydrogen-bond acceptors (Lipinski definition) is 5. The van der Waals surface area contributed by atoms with E-state index in [9.17, 15) is 14.4 Å². The number of carboxylic acid groups (broad SMARTS) is 1. The Labute approximate surface area is 146 Å². The fourth-order valence-corrected chi connectivity index (χ4v) is 2.23. The summed E-state index contributed by atoms with van der Waals surface area (Å²) >= 11 is 11.8. The number of hydrogen-bond donors (Lipinski definition) is 2. The van der Waals surface area contributed by atoms with Crippen LogP contribution in [0.15, 0.2) is 18.2 Å². The molecule has 0 radical (unpaired) electrons. The van der Waals surface area contributed by atoms with Crippen molar-refractivity contribution in [2.24, 2.45) is 0 Å². The highest BCUT2D eigenvalue weighted by Gasteiger charge is 2.21. The number of aryl methyl sites for hydroxylation is 1. The van der Waals surface area contributed by atoms with E-state index in [0.29, 0.717) is 15.5 Å². The number of carbonyl (C=O) groups is 3. The maximum absolute atomic E-state index is 12.2. The number of aliphatic carboxylic acids is 1. The molecule has 126 valence electrons. The van der Waals surface area contributed by atoms with E-state index in [2.05, 4.69) is 15.5 Å². The highest BCUT2D eigenvalue weighted by Crippen LogP contribution is 2.23. The van der Waals surface area contributed by atoms with Gasteiger partial charge in [-0.25, -0.2) is 0 Å². The van der Waals surface area contributed by atoms with Gasteiger partial charge in [0, 0.05) is 6.42 Å². The number of aromatic nitrogens is 3. The molecule has 0 saturated carbocycles. The number of rotatable bonds is 5. The minimum atomic E-state index is -1.13. The Morgan fingerprint density at radius 3 is 2.54 bits per heavy atom. The van der Waals surface area contributed by atoms with Crippen LogP contribution in [0.1, 0.15) is 33.7 Å². The molecule has 0 fully saturated rings. The number of anilines is 1. The summed E-state index contributed by atoms with van der Waals surface area (Å²) in [6.07, 6.45) is -0.691. The Bertz CT molecular complexity index is 819. The van der Waals surface area contributed by atoms with Gasteiger partial charge >= 0.3 is 5.97 Å². The first-order chi connectivity index (χ1) is 11.3. The predicted molar refractivity (Wildman–Crippen MR) is 86.7 cm³/mol. The lowest BCUT2D eigenvalue weighted by Gasteiger charge is -2.06. The molecule has 1 aromatic heterocycles. The van der Waals surface area contributed by atoms with Gasteiger partial charge in [0.1, 0.15) is 0 Å². The van der Waals surface area contributed by atoms with E-state index in [1.54, 1.807) is 18.2 Å². The molecule has 24 heavy (non-hydrogen) atoms. The molecule has 2 rings (SSSR count). The largest absolute Gasteiger partial charge is 0.481 e. The molecule has 1 amide bonds. The monoisotopic (exact) mass is 370 g/mol. The number of halogens is 2. The van der Waals surface area contributed by atoms with Crippen LogP contribution in [0.25, 0.3) is 0 Å². The lowest BCUT2D eigenvalue weighted by atomic mass is 10.2. The minimum Gasteiger partial charge on any atom is -0.481 e. The Balaban J connectivity index is 2.15. The number of nitrogens with one attached hydrogen (secondary N) is 1. The molecular weight excluding hydrogens is 359 g/mol. The average Bonchev–Trinajstić information content (AvgIpc) is 2.89. The maximum Gasteiger partial charge on any atom is 0.303 e. The van der Waals surface area contributed by atoms with Crippen molar-refractivity contribution in [2.45, 2.75) is 19.8 Å². The summed E-state index contributed by atoms with van der Waals surface area (Å²) < 4.78 is 0. The van der Waals surface area contributed by atoms with Crippen molar-refractivity contribution < 1.29 is 19.5 Å². The smallest absolute Gasteiger partial charge is 0.303 e. The summed E-state index contributed by atoms with van der Waals surface area (Å²) in [6, 6.07) is 5.05. The highest BCUT2D eigenvalue weighted by atomic mass is 35.5. The first-order valence-corrected chi connectivity index (χ1v) is 7.49. The second kappa shape index (κ2) is 7.41. The van der Waals surface area contributed by atoms with E-state index >= 15 is 0 Å². The average molecular weight is 371 g/mol. The number of carbonyl (C=O) groups excluding carboxylic acids is 2. The molecular formula is C14H12Cl2N4O4. The number of benzene rings is 1. The normalized spacial score (nSPS) is 10.5. The molecule has 1 aromatic carbocycles. The number of nitrogens with zero attached hydrogens (tertiary/aromatic N) is 3. The summed E-state index contributed by atoms with van der Waals surface area (Å²) in [4.78, 5) is 35.0. The molecule has 8 nitrogen and oxygen atoms in total. The van der Waals surface area contributed by atoms with Gasteiger partial charge in [0.05, 0.1) is 17.1 Å². The van der Waals surface area contributed by atoms with E-state index in [0.717, 1.165) is 5.56 Å². The molecule has 0 unspecified atom stereocenters. The zero-order valence-corrected chi connectivity index (χ0v) is 13.9. The Hall–Kier alpha value is -2.45. The van der Waals surface area contributed by atoms with Crippen molar-refractivity contribution >= 4 is 46.7 Å². The molecule has 0 atom stereocenters. The molecule has 0 aliphatic rings. The Morgan fingerprint density at radius 2 is 1.92 bits per heavy atom. The van der Waals surface area contributed by atoms with Crippen LogP contribution < -0.4 is 5.32 Å². The van der Waals surface area contributed by atoms with Crippen LogP contribution in [0, 0.1) is 6.92 Å². The summed E-state index contributed by atoms with van der Waals surface area (Å²) in [5.74, 6) is -2.51. The lowest BCUT2D eigenvalue weighted by Crippen LogP contribution is -2.18. The van der Waals surface area contributed by atoms with Gasteiger partial charge in [-0.2, -0.15) is 0 Å². The highest BCUT2D eigenvalue weighted by molar-refractivity contribution is 6.35. The first kappa shape index (κ1) is 17.9. The molecule has 0 saturated heterocycles. The zero-order valence-electron chi connectivity index (χ0n) is 12.4. The van der Waals surface area contributed by atoms with Crippen LogP contribution in [-0.2, 0) is 4.79 Å². The standard InChI is InChI=1S/C14H12Cl2N4O4/c1-7-2-3-9(8(15)6-7)17-14(24)12-13(16)19-20(18-12)10(21)4-5-11(22)23/h2-3,6H,4-5H2,1H3,(H,17,24)(H,22,23). The van der Waals surface area contributed by atoms with Gasteiger partial charge in [-0.15, -0.1) is 15.0 Å². The molecule has 2 aromatic rings. The molecule has 0 aliphatic heterocycles. The number of amides is 1. The van der Waals surface area contributed by atoms with Crippen LogP contribution in [0.5, 0.6) is 0 Å². The number of carboxylic acids is 1. The zero-order chi connectivity index (χ0) is 17.9.